The van der Waals surface area contributed by atoms with Crippen molar-refractivity contribution in [3.63, 3.8) is 0 Å². The number of anilines is 1. The minimum Gasteiger partial charge on any atom is -0.478 e. The summed E-state index contributed by atoms with van der Waals surface area (Å²) < 4.78 is 13.5. The molecule has 8 heteroatoms. The monoisotopic (exact) mass is 284 g/mol. The lowest BCUT2D eigenvalue weighted by molar-refractivity contribution is -0.384. The average molecular weight is 284 g/mol. The fourth-order valence-electron chi connectivity index (χ4n) is 2.14. The van der Waals surface area contributed by atoms with Crippen molar-refractivity contribution < 1.29 is 24.3 Å². The van der Waals surface area contributed by atoms with Gasteiger partial charge in [0.25, 0.3) is 5.69 Å². The van der Waals surface area contributed by atoms with E-state index in [1.54, 1.807) is 0 Å². The zero-order valence-corrected chi connectivity index (χ0v) is 10.4. The van der Waals surface area contributed by atoms with Crippen LogP contribution in [0.2, 0.25) is 0 Å². The molecular weight excluding hydrogens is 271 g/mol. The van der Waals surface area contributed by atoms with Gasteiger partial charge in [0, 0.05) is 18.7 Å². The number of hydrogen-bond acceptors (Lipinski definition) is 5. The summed E-state index contributed by atoms with van der Waals surface area (Å²) in [6.45, 7) is 0.365. The maximum absolute atomic E-state index is 13.5. The third kappa shape index (κ3) is 2.85. The zero-order valence-electron chi connectivity index (χ0n) is 10.4. The van der Waals surface area contributed by atoms with E-state index in [0.717, 1.165) is 6.07 Å². The van der Waals surface area contributed by atoms with Gasteiger partial charge in [-0.15, -0.1) is 0 Å². The first-order valence-corrected chi connectivity index (χ1v) is 6.01. The van der Waals surface area contributed by atoms with Gasteiger partial charge in [-0.3, -0.25) is 10.1 Å². The lowest BCUT2D eigenvalue weighted by Crippen LogP contribution is -2.33. The number of aromatic carboxylic acids is 1. The molecule has 108 valence electrons. The Balaban J connectivity index is 2.20. The van der Waals surface area contributed by atoms with E-state index < -0.39 is 28.0 Å². The van der Waals surface area contributed by atoms with Crippen molar-refractivity contribution in [1.82, 2.24) is 0 Å². The molecule has 20 heavy (non-hydrogen) atoms. The molecule has 0 bridgehead atoms. The summed E-state index contributed by atoms with van der Waals surface area (Å²) in [6, 6.07) is 1.52. The third-order valence-electron chi connectivity index (χ3n) is 3.30. The predicted octanol–water partition coefficient (Wildman–Crippen LogP) is 1.61. The molecule has 0 heterocycles. The number of nitrogens with one attached hydrogen (secondary N) is 1. The molecule has 7 nitrogen and oxygen atoms in total. The molecule has 0 amide bonds. The first-order chi connectivity index (χ1) is 9.38. The molecule has 1 aromatic carbocycles. The van der Waals surface area contributed by atoms with E-state index in [1.165, 1.54) is 0 Å². The highest BCUT2D eigenvalue weighted by Crippen LogP contribution is 2.31. The fraction of sp³-hybridized carbons (Fsp3) is 0.417. The van der Waals surface area contributed by atoms with Gasteiger partial charge in [0.05, 0.1) is 11.0 Å². The van der Waals surface area contributed by atoms with Crippen molar-refractivity contribution in [1.29, 1.82) is 0 Å². The van der Waals surface area contributed by atoms with Crippen LogP contribution in [0.25, 0.3) is 0 Å². The molecule has 0 radical (unpaired) electrons. The average Bonchev–Trinajstić information content (AvgIpc) is 2.32. The van der Waals surface area contributed by atoms with Crippen molar-refractivity contribution in [3.8, 4) is 0 Å². The normalized spacial score (nSPS) is 21.1. The number of rotatable bonds is 5. The smallest absolute Gasteiger partial charge is 0.338 e. The lowest BCUT2D eigenvalue weighted by Gasteiger charge is -2.31. The van der Waals surface area contributed by atoms with E-state index in [9.17, 15) is 19.3 Å². The molecule has 0 saturated heterocycles. The zero-order chi connectivity index (χ0) is 14.9. The van der Waals surface area contributed by atoms with E-state index >= 15 is 0 Å². The minimum absolute atomic E-state index is 0.0566. The summed E-state index contributed by atoms with van der Waals surface area (Å²) in [4.78, 5) is 20.9. The fourth-order valence-corrected chi connectivity index (χ4v) is 2.14. The summed E-state index contributed by atoms with van der Waals surface area (Å²) in [7, 11) is 0. The largest absolute Gasteiger partial charge is 0.478 e. The maximum atomic E-state index is 13.5. The van der Waals surface area contributed by atoms with Gasteiger partial charge >= 0.3 is 5.97 Å². The quantitative estimate of drug-likeness (QED) is 0.559. The summed E-state index contributed by atoms with van der Waals surface area (Å²) >= 11 is 0. The van der Waals surface area contributed by atoms with E-state index in [1.807, 2.05) is 0 Å². The van der Waals surface area contributed by atoms with Crippen LogP contribution in [0, 0.1) is 21.8 Å². The van der Waals surface area contributed by atoms with E-state index in [-0.39, 0.29) is 17.7 Å². The van der Waals surface area contributed by atoms with E-state index in [0.29, 0.717) is 25.5 Å². The van der Waals surface area contributed by atoms with Crippen LogP contribution in [0.3, 0.4) is 0 Å². The Hall–Kier alpha value is -2.22. The van der Waals surface area contributed by atoms with Crippen LogP contribution in [-0.4, -0.2) is 33.8 Å². The predicted molar refractivity (Wildman–Crippen MR) is 67.2 cm³/mol. The van der Waals surface area contributed by atoms with Crippen LogP contribution >= 0.6 is 0 Å². The molecule has 0 aromatic heterocycles. The van der Waals surface area contributed by atoms with Crippen molar-refractivity contribution in [2.45, 2.75) is 18.9 Å². The number of aliphatic hydroxyl groups excluding tert-OH is 1. The van der Waals surface area contributed by atoms with Crippen LogP contribution in [0.15, 0.2) is 12.1 Å². The molecule has 0 atom stereocenters. The van der Waals surface area contributed by atoms with Gasteiger partial charge in [-0.1, -0.05) is 0 Å². The van der Waals surface area contributed by atoms with Gasteiger partial charge in [-0.2, -0.15) is 0 Å². The summed E-state index contributed by atoms with van der Waals surface area (Å²) in [5.41, 5.74) is -1.27. The molecule has 1 aromatic rings. The Morgan fingerprint density at radius 3 is 2.65 bits per heavy atom. The Morgan fingerprint density at radius 2 is 2.15 bits per heavy atom. The number of hydrogen-bond donors (Lipinski definition) is 3. The van der Waals surface area contributed by atoms with Gasteiger partial charge < -0.3 is 15.5 Å². The lowest BCUT2D eigenvalue weighted by atomic mass is 9.82. The van der Waals surface area contributed by atoms with Crippen LogP contribution in [0.1, 0.15) is 23.2 Å². The Morgan fingerprint density at radius 1 is 1.50 bits per heavy atom. The van der Waals surface area contributed by atoms with Crippen molar-refractivity contribution in [3.05, 3.63) is 33.6 Å². The summed E-state index contributed by atoms with van der Waals surface area (Å²) in [5, 5.41) is 31.5. The maximum Gasteiger partial charge on any atom is 0.338 e. The second-order valence-corrected chi connectivity index (χ2v) is 4.78. The second kappa shape index (κ2) is 5.41. The molecule has 0 spiro atoms. The Kier molecular flexibility index (Phi) is 3.84. The van der Waals surface area contributed by atoms with Crippen molar-refractivity contribution >= 4 is 17.3 Å². The topological polar surface area (TPSA) is 113 Å². The Labute approximate surface area is 113 Å². The van der Waals surface area contributed by atoms with Crippen molar-refractivity contribution in [2.24, 2.45) is 5.92 Å². The molecule has 2 rings (SSSR count). The molecule has 1 fully saturated rings. The van der Waals surface area contributed by atoms with Gasteiger partial charge in [-0.05, 0) is 18.8 Å². The number of nitro groups is 1. The minimum atomic E-state index is -1.56. The molecule has 3 N–H and O–H groups in total. The highest BCUT2D eigenvalue weighted by atomic mass is 19.1. The third-order valence-corrected chi connectivity index (χ3v) is 3.30. The number of nitrogens with zero attached hydrogens (tertiary/aromatic N) is 1. The second-order valence-electron chi connectivity index (χ2n) is 4.78. The van der Waals surface area contributed by atoms with Gasteiger partial charge in [0.2, 0.25) is 0 Å². The highest BCUT2D eigenvalue weighted by Gasteiger charge is 2.28. The van der Waals surface area contributed by atoms with Crippen LogP contribution in [-0.2, 0) is 0 Å². The summed E-state index contributed by atoms with van der Waals surface area (Å²) in [6.07, 6.45) is 0.843. The number of aliphatic hydroxyl groups is 1. The number of carbonyl (C=O) groups is 1. The number of benzene rings is 1. The molecule has 1 aliphatic carbocycles. The van der Waals surface area contributed by atoms with Crippen LogP contribution in [0.5, 0.6) is 0 Å². The Bertz CT molecular complexity index is 557. The standard InChI is InChI=1S/C12H13FN2O5/c13-9-4-10(14-5-6-1-7(16)2-6)11(15(19)20)3-8(9)12(17)18/h3-4,6-7,14,16H,1-2,5H2,(H,17,18). The number of carboxylic acid groups (broad SMARTS) is 1. The number of nitro benzene ring substituents is 1. The van der Waals surface area contributed by atoms with E-state index in [2.05, 4.69) is 5.32 Å². The number of carboxylic acids is 1. The van der Waals surface area contributed by atoms with Crippen LogP contribution < -0.4 is 5.32 Å². The molecule has 0 aliphatic heterocycles. The van der Waals surface area contributed by atoms with Crippen LogP contribution in [0.4, 0.5) is 15.8 Å². The first-order valence-electron chi connectivity index (χ1n) is 6.01. The highest BCUT2D eigenvalue weighted by molar-refractivity contribution is 5.90. The number of halogens is 1. The molecule has 1 aliphatic rings. The molecule has 0 unspecified atom stereocenters. The van der Waals surface area contributed by atoms with Crippen molar-refractivity contribution in [2.75, 3.05) is 11.9 Å². The first kappa shape index (κ1) is 14.2. The molecule has 1 saturated carbocycles. The van der Waals surface area contributed by atoms with Gasteiger partial charge in [-0.25, -0.2) is 9.18 Å². The van der Waals surface area contributed by atoms with Gasteiger partial charge in [0.1, 0.15) is 17.1 Å². The SMILES string of the molecule is O=C(O)c1cc([N+](=O)[O-])c(NCC2CC(O)C2)cc1F. The molecular formula is C12H13FN2O5. The summed E-state index contributed by atoms with van der Waals surface area (Å²) in [5.74, 6) is -2.41. The van der Waals surface area contributed by atoms with Gasteiger partial charge in [0.15, 0.2) is 0 Å². The van der Waals surface area contributed by atoms with E-state index in [4.69, 9.17) is 10.2 Å².